The number of aromatic nitrogens is 1. The number of hydrogen-bond acceptors (Lipinski definition) is 4. The van der Waals surface area contributed by atoms with Crippen molar-refractivity contribution in [1.82, 2.24) is 9.45 Å². The molecule has 0 aliphatic rings. The second kappa shape index (κ2) is 8.04. The average molecular weight is 460 g/mol. The number of carbonyl (C=O) groups excluding carboxylic acids is 1. The Kier molecular flexibility index (Phi) is 5.39. The molecule has 164 valence electrons. The van der Waals surface area contributed by atoms with Crippen LogP contribution < -0.4 is 4.84 Å². The maximum Gasteiger partial charge on any atom is 0.416 e. The summed E-state index contributed by atoms with van der Waals surface area (Å²) >= 11 is 0. The van der Waals surface area contributed by atoms with E-state index in [-0.39, 0.29) is 15.8 Å². The van der Waals surface area contributed by atoms with Gasteiger partial charge < -0.3 is 9.82 Å². The number of benzene rings is 3. The Morgan fingerprint density at radius 3 is 2.38 bits per heavy atom. The van der Waals surface area contributed by atoms with Gasteiger partial charge in [0.1, 0.15) is 0 Å². The van der Waals surface area contributed by atoms with Crippen molar-refractivity contribution in [1.29, 1.82) is 0 Å². The van der Waals surface area contributed by atoms with E-state index in [2.05, 4.69) is 4.98 Å². The number of hydroxylamine groups is 1. The van der Waals surface area contributed by atoms with E-state index in [0.717, 1.165) is 23.7 Å². The van der Waals surface area contributed by atoms with E-state index in [9.17, 15) is 26.4 Å². The molecule has 3 aromatic carbocycles. The number of carbonyl (C=O) groups is 1. The van der Waals surface area contributed by atoms with Gasteiger partial charge in [0.2, 0.25) is 0 Å². The maximum atomic E-state index is 13.3. The van der Waals surface area contributed by atoms with E-state index >= 15 is 0 Å². The zero-order chi connectivity index (χ0) is 22.9. The zero-order valence-corrected chi connectivity index (χ0v) is 17.0. The third-order valence-corrected chi connectivity index (χ3v) is 6.10. The van der Waals surface area contributed by atoms with Crippen molar-refractivity contribution in [2.75, 3.05) is 0 Å². The second-order valence-electron chi connectivity index (χ2n) is 6.75. The largest absolute Gasteiger partial charge is 0.416 e. The Hall–Kier alpha value is -3.79. The molecule has 0 unspecified atom stereocenters. The first-order valence-corrected chi connectivity index (χ1v) is 10.7. The van der Waals surface area contributed by atoms with Crippen LogP contribution in [0.15, 0.2) is 90.0 Å². The fourth-order valence-corrected chi connectivity index (χ4v) is 4.22. The fourth-order valence-electron chi connectivity index (χ4n) is 3.00. The number of H-pyrrole nitrogens is 1. The van der Waals surface area contributed by atoms with Crippen molar-refractivity contribution in [2.45, 2.75) is 11.1 Å². The molecular weight excluding hydrogens is 445 g/mol. The van der Waals surface area contributed by atoms with Gasteiger partial charge in [0, 0.05) is 22.7 Å². The molecule has 0 saturated carbocycles. The smallest absolute Gasteiger partial charge is 0.361 e. The SMILES string of the molecule is O=C(c1ccccc1)N(Oc1ccc2[nH]ccc2c1)S(=O)(=O)c1cccc(C(F)(F)F)c1. The Morgan fingerprint density at radius 1 is 0.906 bits per heavy atom. The summed E-state index contributed by atoms with van der Waals surface area (Å²) in [4.78, 5) is 20.7. The van der Waals surface area contributed by atoms with Crippen LogP contribution >= 0.6 is 0 Å². The van der Waals surface area contributed by atoms with Crippen molar-refractivity contribution >= 4 is 26.8 Å². The first kappa shape index (κ1) is 21.4. The molecule has 0 atom stereocenters. The summed E-state index contributed by atoms with van der Waals surface area (Å²) in [5.41, 5.74) is -0.441. The Labute approximate surface area is 180 Å². The molecular formula is C22H15F3N2O4S. The van der Waals surface area contributed by atoms with Crippen LogP contribution in [-0.2, 0) is 16.2 Å². The number of amides is 1. The van der Waals surface area contributed by atoms with Gasteiger partial charge in [0.15, 0.2) is 5.75 Å². The summed E-state index contributed by atoms with van der Waals surface area (Å²) in [6.07, 6.45) is -3.10. The van der Waals surface area contributed by atoms with Gasteiger partial charge in [-0.1, -0.05) is 28.7 Å². The van der Waals surface area contributed by atoms with E-state index < -0.39 is 32.6 Å². The molecule has 1 aromatic heterocycles. The lowest BCUT2D eigenvalue weighted by molar-refractivity contribution is -0.137. The summed E-state index contributed by atoms with van der Waals surface area (Å²) < 4.78 is 66.0. The molecule has 32 heavy (non-hydrogen) atoms. The lowest BCUT2D eigenvalue weighted by Crippen LogP contribution is -2.39. The number of sulfonamides is 1. The average Bonchev–Trinajstić information content (AvgIpc) is 3.25. The van der Waals surface area contributed by atoms with Gasteiger partial charge in [-0.3, -0.25) is 4.79 Å². The van der Waals surface area contributed by atoms with Gasteiger partial charge in [0.05, 0.1) is 10.5 Å². The number of rotatable bonds is 5. The van der Waals surface area contributed by atoms with E-state index in [1.807, 2.05) is 0 Å². The van der Waals surface area contributed by atoms with Gasteiger partial charge in [-0.2, -0.15) is 21.6 Å². The predicted octanol–water partition coefficient (Wildman–Crippen LogP) is 5.01. The molecule has 0 saturated heterocycles. The number of hydrogen-bond donors (Lipinski definition) is 1. The van der Waals surface area contributed by atoms with Gasteiger partial charge in [-0.15, -0.1) is 0 Å². The fraction of sp³-hybridized carbons (Fsp3) is 0.0455. The first-order chi connectivity index (χ1) is 15.2. The van der Waals surface area contributed by atoms with E-state index in [0.29, 0.717) is 11.5 Å². The highest BCUT2D eigenvalue weighted by molar-refractivity contribution is 7.89. The van der Waals surface area contributed by atoms with Crippen molar-refractivity contribution in [3.8, 4) is 5.75 Å². The molecule has 6 nitrogen and oxygen atoms in total. The number of fused-ring (bicyclic) bond motifs is 1. The van der Waals surface area contributed by atoms with Gasteiger partial charge in [0.25, 0.3) is 10.0 Å². The molecule has 0 aliphatic carbocycles. The zero-order valence-electron chi connectivity index (χ0n) is 16.2. The number of halogens is 3. The minimum Gasteiger partial charge on any atom is -0.361 e. The van der Waals surface area contributed by atoms with E-state index in [4.69, 9.17) is 4.84 Å². The third-order valence-electron chi connectivity index (χ3n) is 4.58. The normalized spacial score (nSPS) is 12.0. The van der Waals surface area contributed by atoms with Crippen LogP contribution in [0.4, 0.5) is 13.2 Å². The minimum atomic E-state index is -4.82. The third kappa shape index (κ3) is 4.17. The highest BCUT2D eigenvalue weighted by Gasteiger charge is 2.36. The highest BCUT2D eigenvalue weighted by Crippen LogP contribution is 2.32. The molecule has 0 bridgehead atoms. The number of nitrogens with zero attached hydrogens (tertiary/aromatic N) is 1. The lowest BCUT2D eigenvalue weighted by Gasteiger charge is -2.22. The minimum absolute atomic E-state index is 0.0110. The quantitative estimate of drug-likeness (QED) is 0.425. The summed E-state index contributed by atoms with van der Waals surface area (Å²) in [5, 5.41) is 0.686. The molecule has 4 aromatic rings. The van der Waals surface area contributed by atoms with Crippen LogP contribution in [0.2, 0.25) is 0 Å². The van der Waals surface area contributed by atoms with Crippen molar-refractivity contribution in [3.63, 3.8) is 0 Å². The van der Waals surface area contributed by atoms with Gasteiger partial charge in [-0.05, 0) is 54.6 Å². The standard InChI is InChI=1S/C22H15F3N2O4S/c23-22(24,25)17-7-4-8-19(14-17)32(29,30)27(21(28)15-5-2-1-3-6-15)31-18-9-10-20-16(13-18)11-12-26-20/h1-14,26H. The molecule has 1 amide bonds. The Morgan fingerprint density at radius 2 is 1.66 bits per heavy atom. The molecule has 0 spiro atoms. The summed E-state index contributed by atoms with van der Waals surface area (Å²) in [6.45, 7) is 0. The van der Waals surface area contributed by atoms with Crippen molar-refractivity contribution in [3.05, 3.63) is 96.2 Å². The van der Waals surface area contributed by atoms with Crippen LogP contribution in [0.5, 0.6) is 5.75 Å². The maximum absolute atomic E-state index is 13.3. The summed E-state index contributed by atoms with van der Waals surface area (Å²) in [5.74, 6) is -1.05. The van der Waals surface area contributed by atoms with E-state index in [1.54, 1.807) is 24.4 Å². The van der Waals surface area contributed by atoms with Crippen LogP contribution in [-0.4, -0.2) is 23.8 Å². The summed E-state index contributed by atoms with van der Waals surface area (Å²) in [6, 6.07) is 16.8. The Bertz CT molecular complexity index is 1380. The molecule has 1 N–H and O–H groups in total. The van der Waals surface area contributed by atoms with Crippen molar-refractivity contribution in [2.24, 2.45) is 0 Å². The Balaban J connectivity index is 1.80. The van der Waals surface area contributed by atoms with Crippen LogP contribution in [0.1, 0.15) is 15.9 Å². The second-order valence-corrected chi connectivity index (χ2v) is 8.50. The number of alkyl halides is 3. The number of aromatic amines is 1. The molecule has 10 heteroatoms. The molecule has 4 rings (SSSR count). The molecule has 1 heterocycles. The van der Waals surface area contributed by atoms with Crippen LogP contribution in [0, 0.1) is 0 Å². The molecule has 0 aliphatic heterocycles. The predicted molar refractivity (Wildman–Crippen MR) is 110 cm³/mol. The monoisotopic (exact) mass is 460 g/mol. The first-order valence-electron chi connectivity index (χ1n) is 9.23. The van der Waals surface area contributed by atoms with Crippen LogP contribution in [0.25, 0.3) is 10.9 Å². The summed E-state index contributed by atoms with van der Waals surface area (Å²) in [7, 11) is -4.82. The molecule has 0 radical (unpaired) electrons. The van der Waals surface area contributed by atoms with Crippen LogP contribution in [0.3, 0.4) is 0 Å². The topological polar surface area (TPSA) is 79.5 Å². The molecule has 0 fully saturated rings. The lowest BCUT2D eigenvalue weighted by atomic mass is 10.2. The highest BCUT2D eigenvalue weighted by atomic mass is 32.2. The van der Waals surface area contributed by atoms with Crippen molar-refractivity contribution < 1.29 is 31.2 Å². The van der Waals surface area contributed by atoms with Gasteiger partial charge in [-0.25, -0.2) is 0 Å². The van der Waals surface area contributed by atoms with Gasteiger partial charge >= 0.3 is 12.1 Å². The van der Waals surface area contributed by atoms with E-state index in [1.165, 1.54) is 36.4 Å². The number of nitrogens with one attached hydrogen (secondary N) is 1.